The number of hydrogen-bond donors (Lipinski definition) is 1. The van der Waals surface area contributed by atoms with Crippen molar-refractivity contribution in [3.63, 3.8) is 0 Å². The van der Waals surface area contributed by atoms with E-state index in [-0.39, 0.29) is 48.9 Å². The quantitative estimate of drug-likeness (QED) is 0.286. The molecule has 19 heavy (non-hydrogen) atoms. The predicted octanol–water partition coefficient (Wildman–Crippen LogP) is 4.41. The van der Waals surface area contributed by atoms with Gasteiger partial charge in [0.25, 0.3) is 0 Å². The van der Waals surface area contributed by atoms with E-state index in [1.165, 1.54) is 57.8 Å². The van der Waals surface area contributed by atoms with Crippen molar-refractivity contribution in [2.45, 2.75) is 84.0 Å². The summed E-state index contributed by atoms with van der Waals surface area (Å²) >= 11 is 0. The SMILES string of the molecule is CCCCCCC=CCCCCCCCC(=O)O.[BaH2]. The first-order valence-electron chi connectivity index (χ1n) is 7.64. The molecule has 3 heteroatoms. The molecule has 0 amide bonds. The normalized spacial score (nSPS) is 10.6. The fourth-order valence-electron chi connectivity index (χ4n) is 1.99. The molecule has 0 aliphatic heterocycles. The molecule has 0 radical (unpaired) electrons. The molecule has 0 saturated carbocycles. The van der Waals surface area contributed by atoms with E-state index in [0.717, 1.165) is 12.8 Å². The predicted molar refractivity (Wildman–Crippen MR) is 86.4 cm³/mol. The zero-order valence-electron chi connectivity index (χ0n) is 12.0. The minimum atomic E-state index is -0.666. The molecule has 0 aromatic heterocycles. The van der Waals surface area contributed by atoms with E-state index in [1.54, 1.807) is 0 Å². The monoisotopic (exact) mass is 394 g/mol. The second kappa shape index (κ2) is 18.8. The molecule has 0 aliphatic carbocycles. The molecule has 110 valence electrons. The molecule has 0 spiro atoms. The van der Waals surface area contributed by atoms with Gasteiger partial charge in [0.2, 0.25) is 0 Å². The van der Waals surface area contributed by atoms with Crippen molar-refractivity contribution in [1.82, 2.24) is 0 Å². The number of rotatable bonds is 13. The van der Waals surface area contributed by atoms with Crippen molar-refractivity contribution in [3.8, 4) is 0 Å². The fraction of sp³-hybridized carbons (Fsp3) is 0.812. The van der Waals surface area contributed by atoms with Crippen LogP contribution in [-0.4, -0.2) is 60.0 Å². The molecule has 0 aromatic carbocycles. The van der Waals surface area contributed by atoms with Gasteiger partial charge in [-0.25, -0.2) is 0 Å². The van der Waals surface area contributed by atoms with Crippen LogP contribution in [0, 0.1) is 0 Å². The van der Waals surface area contributed by atoms with Crippen molar-refractivity contribution in [2.75, 3.05) is 0 Å². The summed E-state index contributed by atoms with van der Waals surface area (Å²) in [6.07, 6.45) is 18.3. The van der Waals surface area contributed by atoms with Crippen LogP contribution in [0.1, 0.15) is 84.0 Å². The topological polar surface area (TPSA) is 37.3 Å². The number of carboxylic acids is 1. The Morgan fingerprint density at radius 1 is 0.842 bits per heavy atom. The average Bonchev–Trinajstić information content (AvgIpc) is 2.34. The van der Waals surface area contributed by atoms with Gasteiger partial charge in [0.1, 0.15) is 0 Å². The van der Waals surface area contributed by atoms with Crippen LogP contribution in [0.5, 0.6) is 0 Å². The molecular formula is C16H32BaO2. The van der Waals surface area contributed by atoms with Gasteiger partial charge in [0.15, 0.2) is 0 Å². The third kappa shape index (κ3) is 21.2. The third-order valence-electron chi connectivity index (χ3n) is 3.15. The van der Waals surface area contributed by atoms with E-state index >= 15 is 0 Å². The molecule has 2 nitrogen and oxygen atoms in total. The minimum absolute atomic E-state index is 0. The van der Waals surface area contributed by atoms with Gasteiger partial charge in [-0.1, -0.05) is 57.6 Å². The Morgan fingerprint density at radius 2 is 1.32 bits per heavy atom. The fourth-order valence-corrected chi connectivity index (χ4v) is 1.99. The molecule has 0 aromatic rings. The second-order valence-corrected chi connectivity index (χ2v) is 5.02. The summed E-state index contributed by atoms with van der Waals surface area (Å²) in [7, 11) is 0. The Labute approximate surface area is 159 Å². The van der Waals surface area contributed by atoms with Gasteiger partial charge < -0.3 is 5.11 Å². The van der Waals surface area contributed by atoms with Crippen molar-refractivity contribution in [2.24, 2.45) is 0 Å². The molecular weight excluding hydrogens is 362 g/mol. The Bertz CT molecular complexity index is 215. The van der Waals surface area contributed by atoms with Crippen LogP contribution < -0.4 is 0 Å². The van der Waals surface area contributed by atoms with Crippen LogP contribution >= 0.6 is 0 Å². The maximum atomic E-state index is 10.3. The van der Waals surface area contributed by atoms with Gasteiger partial charge in [0.05, 0.1) is 0 Å². The van der Waals surface area contributed by atoms with E-state index in [9.17, 15) is 4.79 Å². The van der Waals surface area contributed by atoms with Gasteiger partial charge in [-0.2, -0.15) is 0 Å². The molecule has 0 aliphatic rings. The molecule has 0 fully saturated rings. The molecule has 0 atom stereocenters. The summed E-state index contributed by atoms with van der Waals surface area (Å²) in [5.74, 6) is -0.666. The second-order valence-electron chi connectivity index (χ2n) is 5.02. The van der Waals surface area contributed by atoms with E-state index in [0.29, 0.717) is 6.42 Å². The first kappa shape index (κ1) is 22.1. The van der Waals surface area contributed by atoms with E-state index in [4.69, 9.17) is 5.11 Å². The van der Waals surface area contributed by atoms with Crippen LogP contribution in [0.15, 0.2) is 12.2 Å². The summed E-state index contributed by atoms with van der Waals surface area (Å²) in [6.45, 7) is 2.24. The molecule has 1 N–H and O–H groups in total. The van der Waals surface area contributed by atoms with Gasteiger partial charge in [-0.05, 0) is 32.1 Å². The summed E-state index contributed by atoms with van der Waals surface area (Å²) in [5.41, 5.74) is 0. The van der Waals surface area contributed by atoms with E-state index in [1.807, 2.05) is 0 Å². The van der Waals surface area contributed by atoms with Crippen LogP contribution in [0.4, 0.5) is 0 Å². The van der Waals surface area contributed by atoms with Crippen LogP contribution in [0.3, 0.4) is 0 Å². The van der Waals surface area contributed by atoms with Crippen LogP contribution in [0.25, 0.3) is 0 Å². The van der Waals surface area contributed by atoms with E-state index < -0.39 is 5.97 Å². The Hall–Kier alpha value is 0.781. The van der Waals surface area contributed by atoms with Gasteiger partial charge in [-0.15, -0.1) is 0 Å². The van der Waals surface area contributed by atoms with Crippen molar-refractivity contribution >= 4 is 54.9 Å². The third-order valence-corrected chi connectivity index (χ3v) is 3.15. The zero-order chi connectivity index (χ0) is 13.5. The summed E-state index contributed by atoms with van der Waals surface area (Å²) in [5, 5.41) is 8.48. The Balaban J connectivity index is 0. The number of unbranched alkanes of at least 4 members (excludes halogenated alkanes) is 9. The average molecular weight is 394 g/mol. The summed E-state index contributed by atoms with van der Waals surface area (Å²) < 4.78 is 0. The zero-order valence-corrected chi connectivity index (χ0v) is 12.0. The van der Waals surface area contributed by atoms with Gasteiger partial charge >= 0.3 is 54.9 Å². The standard InChI is InChI=1S/C16H30O2.Ba.2H/c1-2-3-4-5-6-7-8-9-10-11-12-13-14-15-16(17)18;;;/h7-8H,2-6,9-15H2,1H3,(H,17,18);;;. The first-order valence-corrected chi connectivity index (χ1v) is 7.64. The molecule has 0 saturated heterocycles. The molecule has 0 heterocycles. The molecule has 0 rings (SSSR count). The van der Waals surface area contributed by atoms with Gasteiger partial charge in [0, 0.05) is 6.42 Å². The molecule has 0 bridgehead atoms. The van der Waals surface area contributed by atoms with Crippen LogP contribution in [0.2, 0.25) is 0 Å². The van der Waals surface area contributed by atoms with Crippen molar-refractivity contribution in [1.29, 1.82) is 0 Å². The van der Waals surface area contributed by atoms with Gasteiger partial charge in [-0.3, -0.25) is 4.79 Å². The van der Waals surface area contributed by atoms with Crippen molar-refractivity contribution < 1.29 is 9.90 Å². The maximum absolute atomic E-state index is 10.3. The van der Waals surface area contributed by atoms with E-state index in [2.05, 4.69) is 19.1 Å². The Kier molecular flexibility index (Phi) is 21.8. The van der Waals surface area contributed by atoms with Crippen LogP contribution in [-0.2, 0) is 4.79 Å². The Morgan fingerprint density at radius 3 is 1.84 bits per heavy atom. The number of carboxylic acid groups (broad SMARTS) is 1. The number of allylic oxidation sites excluding steroid dienone is 2. The summed E-state index contributed by atoms with van der Waals surface area (Å²) in [4.78, 5) is 10.3. The number of carbonyl (C=O) groups is 1. The van der Waals surface area contributed by atoms with Crippen molar-refractivity contribution in [3.05, 3.63) is 12.2 Å². The number of hydrogen-bond acceptors (Lipinski definition) is 1. The first-order chi connectivity index (χ1) is 8.77. The molecule has 0 unspecified atom stereocenters. The summed E-state index contributed by atoms with van der Waals surface area (Å²) in [6, 6.07) is 0. The number of aliphatic carboxylic acids is 1.